The van der Waals surface area contributed by atoms with Crippen LogP contribution in [0.2, 0.25) is 0 Å². The number of rotatable bonds is 5. The van der Waals surface area contributed by atoms with E-state index in [9.17, 15) is 13.6 Å². The molecular weight excluding hydrogens is 416 g/mol. The van der Waals surface area contributed by atoms with Crippen LogP contribution in [0.3, 0.4) is 0 Å². The van der Waals surface area contributed by atoms with Crippen LogP contribution in [0.1, 0.15) is 11.8 Å². The van der Waals surface area contributed by atoms with Crippen LogP contribution >= 0.6 is 0 Å². The maximum absolute atomic E-state index is 14.5. The van der Waals surface area contributed by atoms with Gasteiger partial charge in [-0.2, -0.15) is 5.10 Å². The van der Waals surface area contributed by atoms with Gasteiger partial charge in [0.05, 0.1) is 22.9 Å². The van der Waals surface area contributed by atoms with Crippen LogP contribution in [-0.4, -0.2) is 59.4 Å². The molecule has 0 bridgehead atoms. The first-order valence-electron chi connectivity index (χ1n) is 10.3. The quantitative estimate of drug-likeness (QED) is 0.419. The van der Waals surface area contributed by atoms with Gasteiger partial charge >= 0.3 is 0 Å². The first-order chi connectivity index (χ1) is 15.5. The fraction of sp³-hybridized carbons (Fsp3) is 0.273. The van der Waals surface area contributed by atoms with Crippen LogP contribution in [0.15, 0.2) is 41.5 Å². The van der Waals surface area contributed by atoms with E-state index in [1.165, 1.54) is 30.5 Å². The van der Waals surface area contributed by atoms with Gasteiger partial charge in [-0.1, -0.05) is 6.07 Å². The number of carbonyl (C=O) groups is 1. The number of aromatic amines is 1. The summed E-state index contributed by atoms with van der Waals surface area (Å²) in [6, 6.07) is 8.80. The lowest BCUT2D eigenvalue weighted by atomic mass is 10.0. The van der Waals surface area contributed by atoms with Gasteiger partial charge in [0.25, 0.3) is 5.91 Å². The van der Waals surface area contributed by atoms with Crippen molar-refractivity contribution in [2.24, 2.45) is 16.9 Å². The largest absolute Gasteiger partial charge is 0.342 e. The number of nitrogens with zero attached hydrogens (tertiary/aromatic N) is 4. The van der Waals surface area contributed by atoms with Crippen molar-refractivity contribution in [1.82, 2.24) is 14.9 Å². The van der Waals surface area contributed by atoms with Gasteiger partial charge in [0.15, 0.2) is 0 Å². The van der Waals surface area contributed by atoms with Crippen molar-refractivity contribution < 1.29 is 15.0 Å². The number of halogens is 2. The fourth-order valence-corrected chi connectivity index (χ4v) is 4.59. The average Bonchev–Trinajstić information content (AvgIpc) is 3.46. The van der Waals surface area contributed by atoms with E-state index in [1.807, 2.05) is 0 Å². The van der Waals surface area contributed by atoms with E-state index < -0.39 is 5.82 Å². The van der Waals surface area contributed by atoms with Crippen molar-refractivity contribution in [3.63, 3.8) is 0 Å². The van der Waals surface area contributed by atoms with Crippen LogP contribution in [0, 0.1) is 28.9 Å². The van der Waals surface area contributed by atoms with Crippen molar-refractivity contribution in [1.29, 1.82) is 5.41 Å². The van der Waals surface area contributed by atoms with E-state index in [0.717, 1.165) is 6.21 Å². The molecule has 10 heteroatoms. The van der Waals surface area contributed by atoms with E-state index >= 15 is 0 Å². The average molecular weight is 439 g/mol. The zero-order valence-electron chi connectivity index (χ0n) is 17.1. The van der Waals surface area contributed by atoms with E-state index in [-0.39, 0.29) is 36.2 Å². The number of aromatic nitrogens is 2. The number of hydrazone groups is 1. The van der Waals surface area contributed by atoms with Crippen LogP contribution < -0.4 is 10.3 Å². The van der Waals surface area contributed by atoms with Crippen LogP contribution in [-0.2, 0) is 0 Å². The number of fused-ring (bicyclic) bond motifs is 2. The molecule has 0 radical (unpaired) electrons. The predicted octanol–water partition coefficient (Wildman–Crippen LogP) is 3.34. The molecular formula is C22H23F2N7O. The molecule has 2 atom stereocenters. The Labute approximate surface area is 183 Å². The van der Waals surface area contributed by atoms with Crippen molar-refractivity contribution >= 4 is 41.0 Å². The van der Waals surface area contributed by atoms with Gasteiger partial charge in [-0.25, -0.2) is 13.8 Å². The number of amides is 1. The summed E-state index contributed by atoms with van der Waals surface area (Å²) in [6.07, 6.45) is 2.19. The molecule has 32 heavy (non-hydrogen) atoms. The Kier molecular flexibility index (Phi) is 5.04. The van der Waals surface area contributed by atoms with Crippen molar-refractivity contribution in [3.05, 3.63) is 53.6 Å². The number of carbonyl (C=O) groups excluding carboxylic acids is 1. The second kappa shape index (κ2) is 8.03. The van der Waals surface area contributed by atoms with E-state index in [2.05, 4.69) is 25.4 Å². The SMILES string of the molecule is N=C/C=N\Nc1cccc(F)c1C(=O)N1CC2CN(c3nc4ccc(F)cc4[nH]3)CC2C1.[HH]. The Morgan fingerprint density at radius 3 is 2.75 bits per heavy atom. The fourth-order valence-electron chi connectivity index (χ4n) is 4.59. The maximum Gasteiger partial charge on any atom is 0.259 e. The minimum atomic E-state index is -0.613. The van der Waals surface area contributed by atoms with Gasteiger partial charge in [-0.15, -0.1) is 0 Å². The number of anilines is 2. The standard InChI is InChI=1S/C22H21F2N7O.H2/c23-15-4-5-17-19(8-15)28-22(27-17)31-11-13-9-30(10-14(13)12-31)21(32)20-16(24)2-1-3-18(20)29-26-7-6-25;/h1-8,13-14,25,29H,9-12H2,(H,27,28);1H/b25-6?,26-7-;. The third-order valence-corrected chi connectivity index (χ3v) is 6.07. The van der Waals surface area contributed by atoms with Gasteiger partial charge in [-0.05, 0) is 30.3 Å². The zero-order chi connectivity index (χ0) is 22.2. The summed E-state index contributed by atoms with van der Waals surface area (Å²) in [6.45, 7) is 2.46. The second-order valence-electron chi connectivity index (χ2n) is 8.08. The lowest BCUT2D eigenvalue weighted by Gasteiger charge is -2.22. The minimum absolute atomic E-state index is 0. The van der Waals surface area contributed by atoms with Gasteiger partial charge in [0.1, 0.15) is 17.2 Å². The normalized spacial score (nSPS) is 20.3. The summed E-state index contributed by atoms with van der Waals surface area (Å²) in [5.41, 5.74) is 4.21. The second-order valence-corrected chi connectivity index (χ2v) is 8.08. The van der Waals surface area contributed by atoms with Crippen LogP contribution in [0.5, 0.6) is 0 Å². The van der Waals surface area contributed by atoms with Crippen molar-refractivity contribution in [3.8, 4) is 0 Å². The maximum atomic E-state index is 14.5. The zero-order valence-corrected chi connectivity index (χ0v) is 17.1. The van der Waals surface area contributed by atoms with Crippen LogP contribution in [0.4, 0.5) is 20.4 Å². The highest BCUT2D eigenvalue weighted by atomic mass is 19.1. The first kappa shape index (κ1) is 20.1. The summed E-state index contributed by atoms with van der Waals surface area (Å²) >= 11 is 0. The van der Waals surface area contributed by atoms with Gasteiger partial charge < -0.3 is 20.2 Å². The van der Waals surface area contributed by atoms with Gasteiger partial charge in [0, 0.05) is 45.7 Å². The summed E-state index contributed by atoms with van der Waals surface area (Å²) in [7, 11) is 0. The number of imidazole rings is 1. The Hall–Kier alpha value is -3.82. The highest BCUT2D eigenvalue weighted by Gasteiger charge is 2.43. The monoisotopic (exact) mass is 439 g/mol. The smallest absolute Gasteiger partial charge is 0.259 e. The Morgan fingerprint density at radius 1 is 1.22 bits per heavy atom. The Bertz CT molecular complexity index is 1220. The molecule has 2 saturated heterocycles. The number of benzene rings is 2. The molecule has 0 aliphatic carbocycles. The van der Waals surface area contributed by atoms with E-state index in [4.69, 9.17) is 5.41 Å². The lowest BCUT2D eigenvalue weighted by Crippen LogP contribution is -2.34. The molecule has 3 heterocycles. The molecule has 2 aliphatic rings. The molecule has 2 aliphatic heterocycles. The number of likely N-dealkylation sites (tertiary alicyclic amines) is 1. The molecule has 5 rings (SSSR count). The van der Waals surface area contributed by atoms with Gasteiger partial charge in [0.2, 0.25) is 5.95 Å². The van der Waals surface area contributed by atoms with Crippen LogP contribution in [0.25, 0.3) is 11.0 Å². The Balaban J connectivity index is 0.00000259. The lowest BCUT2D eigenvalue weighted by molar-refractivity contribution is 0.0779. The first-order valence-corrected chi connectivity index (χ1v) is 10.3. The number of H-pyrrole nitrogens is 1. The summed E-state index contributed by atoms with van der Waals surface area (Å²) in [4.78, 5) is 24.7. The molecule has 2 aromatic carbocycles. The molecule has 3 aromatic rings. The molecule has 1 aromatic heterocycles. The topological polar surface area (TPSA) is 100 Å². The van der Waals surface area contributed by atoms with E-state index in [1.54, 1.807) is 17.0 Å². The molecule has 0 saturated carbocycles. The molecule has 3 N–H and O–H groups in total. The molecule has 8 nitrogen and oxygen atoms in total. The summed E-state index contributed by atoms with van der Waals surface area (Å²) in [5.74, 6) is -0.131. The van der Waals surface area contributed by atoms with Crippen molar-refractivity contribution in [2.45, 2.75) is 0 Å². The third-order valence-electron chi connectivity index (χ3n) is 6.07. The van der Waals surface area contributed by atoms with E-state index in [0.29, 0.717) is 43.2 Å². The summed E-state index contributed by atoms with van der Waals surface area (Å²) in [5, 5.41) is 10.8. The molecule has 0 spiro atoms. The summed E-state index contributed by atoms with van der Waals surface area (Å²) < 4.78 is 28.0. The predicted molar refractivity (Wildman–Crippen MR) is 121 cm³/mol. The number of hydrogen-bond donors (Lipinski definition) is 3. The molecule has 2 fully saturated rings. The van der Waals surface area contributed by atoms with Gasteiger partial charge in [-0.3, -0.25) is 10.2 Å². The highest BCUT2D eigenvalue weighted by Crippen LogP contribution is 2.35. The van der Waals surface area contributed by atoms with Crippen molar-refractivity contribution in [2.75, 3.05) is 36.5 Å². The molecule has 2 unspecified atom stereocenters. The highest BCUT2D eigenvalue weighted by molar-refractivity contribution is 6.14. The molecule has 166 valence electrons. The Morgan fingerprint density at radius 2 is 2.00 bits per heavy atom. The third kappa shape index (κ3) is 3.57. The molecule has 1 amide bonds. The number of nitrogens with one attached hydrogen (secondary N) is 3. The minimum Gasteiger partial charge on any atom is -0.342 e. The number of hydrogen-bond acceptors (Lipinski definition) is 6.